The minimum absolute atomic E-state index is 0.117. The van der Waals surface area contributed by atoms with Gasteiger partial charge in [0.25, 0.3) is 5.56 Å². The predicted molar refractivity (Wildman–Crippen MR) is 63.4 cm³/mol. The number of fused-ring (bicyclic) bond motifs is 1. The summed E-state index contributed by atoms with van der Waals surface area (Å²) in [5.74, 6) is 0.238. The highest BCUT2D eigenvalue weighted by Gasteiger charge is 2.13. The highest BCUT2D eigenvalue weighted by molar-refractivity contribution is 8.14. The number of aromatic nitrogens is 4. The molecule has 0 aliphatic carbocycles. The SMILES string of the molecule is Cn1cnc2nc(N)n([SH](C)C)c(=O)c21. The molecule has 0 radical (unpaired) electrons. The Balaban J connectivity index is 2.94. The lowest BCUT2D eigenvalue weighted by Crippen LogP contribution is -2.23. The lowest BCUT2D eigenvalue weighted by Gasteiger charge is -2.15. The summed E-state index contributed by atoms with van der Waals surface area (Å²) in [5, 5.41) is 0. The number of hydrogen-bond acceptors (Lipinski definition) is 4. The molecule has 0 amide bonds. The molecule has 0 bridgehead atoms. The average Bonchev–Trinajstić information content (AvgIpc) is 2.46. The predicted octanol–water partition coefficient (Wildman–Crippen LogP) is -0.264. The first-order chi connectivity index (χ1) is 7.02. The molecule has 15 heavy (non-hydrogen) atoms. The molecule has 82 valence electrons. The quantitative estimate of drug-likeness (QED) is 0.658. The fraction of sp³-hybridized carbons (Fsp3) is 0.375. The van der Waals surface area contributed by atoms with E-state index in [0.29, 0.717) is 11.2 Å². The molecule has 2 aromatic heterocycles. The Labute approximate surface area is 89.2 Å². The molecule has 0 aliphatic rings. The van der Waals surface area contributed by atoms with E-state index in [9.17, 15) is 4.79 Å². The van der Waals surface area contributed by atoms with Crippen LogP contribution in [0.4, 0.5) is 5.95 Å². The summed E-state index contributed by atoms with van der Waals surface area (Å²) in [6, 6.07) is 0. The number of anilines is 1. The van der Waals surface area contributed by atoms with E-state index in [0.717, 1.165) is 0 Å². The van der Waals surface area contributed by atoms with Crippen LogP contribution in [0.5, 0.6) is 0 Å². The minimum atomic E-state index is -0.628. The first-order valence-electron chi connectivity index (χ1n) is 4.39. The van der Waals surface area contributed by atoms with Gasteiger partial charge in [0.05, 0.1) is 6.33 Å². The number of hydrogen-bond donors (Lipinski definition) is 2. The van der Waals surface area contributed by atoms with Gasteiger partial charge in [0, 0.05) is 7.05 Å². The van der Waals surface area contributed by atoms with E-state index in [1.165, 1.54) is 3.97 Å². The summed E-state index contributed by atoms with van der Waals surface area (Å²) >= 11 is -0.628. The Morgan fingerprint density at radius 1 is 1.47 bits per heavy atom. The number of thiol groups is 1. The molecule has 0 aromatic carbocycles. The smallest absolute Gasteiger partial charge is 0.289 e. The number of imidazole rings is 1. The first-order valence-corrected chi connectivity index (χ1v) is 6.58. The third kappa shape index (κ3) is 1.39. The van der Waals surface area contributed by atoms with E-state index in [-0.39, 0.29) is 11.5 Å². The van der Waals surface area contributed by atoms with E-state index in [2.05, 4.69) is 9.97 Å². The van der Waals surface area contributed by atoms with Crippen molar-refractivity contribution in [2.24, 2.45) is 7.05 Å². The van der Waals surface area contributed by atoms with Crippen molar-refractivity contribution < 1.29 is 0 Å². The van der Waals surface area contributed by atoms with Crippen molar-refractivity contribution in [2.75, 3.05) is 18.2 Å². The third-order valence-corrected chi connectivity index (χ3v) is 3.34. The zero-order chi connectivity index (χ0) is 11.2. The maximum atomic E-state index is 12.1. The van der Waals surface area contributed by atoms with Crippen LogP contribution < -0.4 is 11.3 Å². The van der Waals surface area contributed by atoms with Crippen LogP contribution >= 0.6 is 11.1 Å². The fourth-order valence-electron chi connectivity index (χ4n) is 1.49. The van der Waals surface area contributed by atoms with E-state index in [4.69, 9.17) is 5.73 Å². The van der Waals surface area contributed by atoms with Crippen LogP contribution in [0.2, 0.25) is 0 Å². The molecule has 0 spiro atoms. The van der Waals surface area contributed by atoms with Gasteiger partial charge in [0.15, 0.2) is 11.2 Å². The molecule has 0 atom stereocenters. The minimum Gasteiger partial charge on any atom is -0.368 e. The largest absolute Gasteiger partial charge is 0.368 e. The first kappa shape index (κ1) is 10.0. The lowest BCUT2D eigenvalue weighted by atomic mass is 10.5. The van der Waals surface area contributed by atoms with Crippen LogP contribution in [0, 0.1) is 0 Å². The molecule has 0 unspecified atom stereocenters. The molecule has 2 aromatic rings. The number of nitrogen functional groups attached to an aromatic ring is 1. The van der Waals surface area contributed by atoms with Crippen LogP contribution in [0.25, 0.3) is 11.2 Å². The van der Waals surface area contributed by atoms with Gasteiger partial charge in [-0.05, 0) is 12.5 Å². The molecule has 0 aliphatic heterocycles. The second-order valence-corrected chi connectivity index (χ2v) is 5.56. The van der Waals surface area contributed by atoms with Gasteiger partial charge in [-0.25, -0.2) is 8.96 Å². The van der Waals surface area contributed by atoms with Gasteiger partial charge in [0.1, 0.15) is 0 Å². The van der Waals surface area contributed by atoms with Gasteiger partial charge in [-0.3, -0.25) is 4.79 Å². The summed E-state index contributed by atoms with van der Waals surface area (Å²) in [5.41, 5.74) is 6.51. The van der Waals surface area contributed by atoms with Crippen molar-refractivity contribution in [2.45, 2.75) is 0 Å². The maximum absolute atomic E-state index is 12.1. The maximum Gasteiger partial charge on any atom is 0.289 e. The molecule has 2 heterocycles. The topological polar surface area (TPSA) is 78.7 Å². The van der Waals surface area contributed by atoms with Gasteiger partial charge in [-0.15, -0.1) is 0 Å². The lowest BCUT2D eigenvalue weighted by molar-refractivity contribution is 0.934. The molecule has 2 rings (SSSR count). The fourth-order valence-corrected chi connectivity index (χ4v) is 2.41. The molecule has 6 nitrogen and oxygen atoms in total. The van der Waals surface area contributed by atoms with Crippen molar-refractivity contribution >= 4 is 28.2 Å². The van der Waals surface area contributed by atoms with Crippen molar-refractivity contribution in [3.63, 3.8) is 0 Å². The van der Waals surface area contributed by atoms with Crippen LogP contribution in [-0.4, -0.2) is 31.0 Å². The van der Waals surface area contributed by atoms with E-state index < -0.39 is 11.1 Å². The standard InChI is InChI=1S/C8H13N5OS/c1-12-4-10-6-5(12)7(14)13(15(2)3)8(9)11-6/h4,15H,1-3H3,(H2,9,11). The van der Waals surface area contributed by atoms with Crippen molar-refractivity contribution in [1.82, 2.24) is 18.5 Å². The van der Waals surface area contributed by atoms with Crippen LogP contribution in [0.1, 0.15) is 0 Å². The Bertz CT molecular complexity index is 570. The van der Waals surface area contributed by atoms with Crippen molar-refractivity contribution in [3.8, 4) is 0 Å². The van der Waals surface area contributed by atoms with Gasteiger partial charge >= 0.3 is 0 Å². The Hall–Kier alpha value is -1.50. The van der Waals surface area contributed by atoms with Gasteiger partial charge in [-0.2, -0.15) is 16.1 Å². The van der Waals surface area contributed by atoms with E-state index in [1.807, 2.05) is 12.5 Å². The Morgan fingerprint density at radius 2 is 2.13 bits per heavy atom. The van der Waals surface area contributed by atoms with Crippen molar-refractivity contribution in [1.29, 1.82) is 0 Å². The molecule has 0 saturated heterocycles. The van der Waals surface area contributed by atoms with Gasteiger partial charge < -0.3 is 10.3 Å². The van der Waals surface area contributed by atoms with Crippen molar-refractivity contribution in [3.05, 3.63) is 16.7 Å². The van der Waals surface area contributed by atoms with Gasteiger partial charge in [-0.1, -0.05) is 0 Å². The second kappa shape index (κ2) is 3.27. The molecule has 0 saturated carbocycles. The number of aryl methyl sites for hydroxylation is 1. The monoisotopic (exact) mass is 227 g/mol. The summed E-state index contributed by atoms with van der Waals surface area (Å²) in [4.78, 5) is 20.2. The third-order valence-electron chi connectivity index (χ3n) is 2.15. The summed E-state index contributed by atoms with van der Waals surface area (Å²) in [7, 11) is 1.77. The molecular weight excluding hydrogens is 214 g/mol. The molecule has 7 heteroatoms. The average molecular weight is 227 g/mol. The summed E-state index contributed by atoms with van der Waals surface area (Å²) in [6.07, 6.45) is 5.48. The Kier molecular flexibility index (Phi) is 2.18. The zero-order valence-electron chi connectivity index (χ0n) is 8.80. The Morgan fingerprint density at radius 3 is 2.73 bits per heavy atom. The summed E-state index contributed by atoms with van der Waals surface area (Å²) < 4.78 is 3.19. The molecule has 2 N–H and O–H groups in total. The summed E-state index contributed by atoms with van der Waals surface area (Å²) in [6.45, 7) is 0. The second-order valence-electron chi connectivity index (χ2n) is 3.46. The van der Waals surface area contributed by atoms with Crippen LogP contribution in [0.3, 0.4) is 0 Å². The normalized spacial score (nSPS) is 12.1. The number of nitrogens with two attached hydrogens (primary N) is 1. The van der Waals surface area contributed by atoms with E-state index >= 15 is 0 Å². The highest BCUT2D eigenvalue weighted by atomic mass is 32.2. The zero-order valence-corrected chi connectivity index (χ0v) is 9.69. The van der Waals surface area contributed by atoms with Crippen LogP contribution in [-0.2, 0) is 7.05 Å². The van der Waals surface area contributed by atoms with Gasteiger partial charge in [0.2, 0.25) is 5.95 Å². The highest BCUT2D eigenvalue weighted by Crippen LogP contribution is 2.19. The number of nitrogens with zero attached hydrogens (tertiary/aromatic N) is 4. The van der Waals surface area contributed by atoms with E-state index in [1.54, 1.807) is 17.9 Å². The molecule has 0 fully saturated rings. The van der Waals surface area contributed by atoms with Crippen LogP contribution in [0.15, 0.2) is 11.1 Å². The number of rotatable bonds is 1. The molecular formula is C8H13N5OS.